The third kappa shape index (κ3) is 3.36. The minimum atomic E-state index is -0.157. The van der Waals surface area contributed by atoms with Crippen LogP contribution in [-0.2, 0) is 0 Å². The van der Waals surface area contributed by atoms with Crippen molar-refractivity contribution in [1.82, 2.24) is 5.32 Å². The van der Waals surface area contributed by atoms with Gasteiger partial charge in [-0.3, -0.25) is 5.32 Å². The molecule has 1 aromatic heterocycles. The topological polar surface area (TPSA) is 54.6 Å². The van der Waals surface area contributed by atoms with Gasteiger partial charge in [0.05, 0.1) is 32.1 Å². The minimum Gasteiger partial charge on any atom is -0.497 e. The number of ether oxygens (including phenoxy) is 1. The van der Waals surface area contributed by atoms with Gasteiger partial charge in [-0.25, -0.2) is 0 Å². The zero-order valence-electron chi connectivity index (χ0n) is 11.2. The molecular formula is C15H19NO3. The van der Waals surface area contributed by atoms with Crippen molar-refractivity contribution in [3.63, 3.8) is 0 Å². The van der Waals surface area contributed by atoms with Gasteiger partial charge < -0.3 is 14.3 Å². The number of aliphatic hydroxyl groups excluding tert-OH is 1. The molecule has 19 heavy (non-hydrogen) atoms. The summed E-state index contributed by atoms with van der Waals surface area (Å²) in [5.74, 6) is 1.63. The van der Waals surface area contributed by atoms with Crippen molar-refractivity contribution in [2.24, 2.45) is 0 Å². The molecule has 0 bridgehead atoms. The number of methoxy groups -OCH3 is 1. The second-order valence-corrected chi connectivity index (χ2v) is 4.42. The van der Waals surface area contributed by atoms with Gasteiger partial charge in [-0.15, -0.1) is 0 Å². The van der Waals surface area contributed by atoms with E-state index >= 15 is 0 Å². The maximum absolute atomic E-state index is 9.56. The fourth-order valence-corrected chi connectivity index (χ4v) is 2.03. The van der Waals surface area contributed by atoms with Gasteiger partial charge in [-0.2, -0.15) is 0 Å². The van der Waals surface area contributed by atoms with E-state index in [0.29, 0.717) is 0 Å². The third-order valence-corrected chi connectivity index (χ3v) is 3.10. The zero-order valence-corrected chi connectivity index (χ0v) is 11.2. The second kappa shape index (κ2) is 6.41. The van der Waals surface area contributed by atoms with Crippen molar-refractivity contribution in [1.29, 1.82) is 0 Å². The molecule has 4 heteroatoms. The number of nitrogens with one attached hydrogen (secondary N) is 1. The van der Waals surface area contributed by atoms with E-state index in [2.05, 4.69) is 5.32 Å². The van der Waals surface area contributed by atoms with E-state index < -0.39 is 0 Å². The van der Waals surface area contributed by atoms with Crippen LogP contribution in [0.15, 0.2) is 47.1 Å². The summed E-state index contributed by atoms with van der Waals surface area (Å²) < 4.78 is 10.6. The van der Waals surface area contributed by atoms with Gasteiger partial charge in [0, 0.05) is 0 Å². The summed E-state index contributed by atoms with van der Waals surface area (Å²) in [6.45, 7) is 2.01. The van der Waals surface area contributed by atoms with Crippen LogP contribution in [0.5, 0.6) is 5.75 Å². The Balaban J connectivity index is 2.11. The van der Waals surface area contributed by atoms with Crippen molar-refractivity contribution in [3.8, 4) is 5.75 Å². The first kappa shape index (κ1) is 13.6. The fourth-order valence-electron chi connectivity index (χ4n) is 2.03. The number of hydrogen-bond acceptors (Lipinski definition) is 4. The maximum atomic E-state index is 9.56. The summed E-state index contributed by atoms with van der Waals surface area (Å²) in [5, 5.41) is 12.9. The van der Waals surface area contributed by atoms with E-state index in [1.54, 1.807) is 13.4 Å². The van der Waals surface area contributed by atoms with Crippen LogP contribution in [0.4, 0.5) is 0 Å². The molecule has 0 aliphatic carbocycles. The molecule has 4 nitrogen and oxygen atoms in total. The van der Waals surface area contributed by atoms with Crippen LogP contribution in [0.25, 0.3) is 0 Å². The lowest BCUT2D eigenvalue weighted by atomic mass is 10.1. The van der Waals surface area contributed by atoms with Crippen molar-refractivity contribution in [2.75, 3.05) is 13.7 Å². The lowest BCUT2D eigenvalue weighted by Gasteiger charge is -2.21. The zero-order chi connectivity index (χ0) is 13.7. The summed E-state index contributed by atoms with van der Waals surface area (Å²) in [4.78, 5) is 0. The first-order chi connectivity index (χ1) is 9.24. The molecule has 2 N–H and O–H groups in total. The van der Waals surface area contributed by atoms with Crippen LogP contribution in [0.1, 0.15) is 30.3 Å². The molecule has 0 radical (unpaired) electrons. The predicted octanol–water partition coefficient (Wildman–Crippen LogP) is 2.67. The van der Waals surface area contributed by atoms with Gasteiger partial charge >= 0.3 is 0 Å². The molecule has 0 fully saturated rings. The van der Waals surface area contributed by atoms with Crippen molar-refractivity contribution >= 4 is 0 Å². The van der Waals surface area contributed by atoms with E-state index in [4.69, 9.17) is 9.15 Å². The predicted molar refractivity (Wildman–Crippen MR) is 73.1 cm³/mol. The Labute approximate surface area is 113 Å². The highest BCUT2D eigenvalue weighted by Gasteiger charge is 2.16. The molecule has 102 valence electrons. The molecule has 1 heterocycles. The molecule has 0 spiro atoms. The van der Waals surface area contributed by atoms with Gasteiger partial charge in [-0.05, 0) is 36.8 Å². The minimum absolute atomic E-state index is 0.0121. The van der Waals surface area contributed by atoms with E-state index in [-0.39, 0.29) is 18.7 Å². The largest absolute Gasteiger partial charge is 0.497 e. The summed E-state index contributed by atoms with van der Waals surface area (Å²) in [6.07, 6.45) is 1.65. The molecular weight excluding hydrogens is 242 g/mol. The molecule has 0 aliphatic heterocycles. The molecule has 2 aromatic rings. The average molecular weight is 261 g/mol. The van der Waals surface area contributed by atoms with Gasteiger partial charge in [0.2, 0.25) is 0 Å². The van der Waals surface area contributed by atoms with Crippen molar-refractivity contribution in [3.05, 3.63) is 54.0 Å². The standard InChI is InChI=1S/C15H19NO3/c1-11(15-7-4-8-19-15)16-14(10-17)12-5-3-6-13(9-12)18-2/h3-9,11,14,16-17H,10H2,1-2H3. The van der Waals surface area contributed by atoms with E-state index in [1.807, 2.05) is 43.3 Å². The summed E-state index contributed by atoms with van der Waals surface area (Å²) in [6, 6.07) is 11.3. The first-order valence-corrected chi connectivity index (χ1v) is 6.29. The smallest absolute Gasteiger partial charge is 0.120 e. The van der Waals surface area contributed by atoms with Crippen LogP contribution >= 0.6 is 0 Å². The normalized spacial score (nSPS) is 14.1. The first-order valence-electron chi connectivity index (χ1n) is 6.29. The van der Waals surface area contributed by atoms with Crippen LogP contribution in [0.3, 0.4) is 0 Å². The van der Waals surface area contributed by atoms with Gasteiger partial charge in [0.25, 0.3) is 0 Å². The number of aliphatic hydroxyl groups is 1. The Morgan fingerprint density at radius 1 is 1.32 bits per heavy atom. The molecule has 0 amide bonds. The SMILES string of the molecule is COc1cccc(C(CO)NC(C)c2ccco2)c1. The van der Waals surface area contributed by atoms with Crippen LogP contribution in [0, 0.1) is 0 Å². The average Bonchev–Trinajstić information content (AvgIpc) is 2.98. The molecule has 0 aliphatic rings. The van der Waals surface area contributed by atoms with Crippen molar-refractivity contribution < 1.29 is 14.3 Å². The quantitative estimate of drug-likeness (QED) is 0.839. The Morgan fingerprint density at radius 3 is 2.79 bits per heavy atom. The monoisotopic (exact) mass is 261 g/mol. The van der Waals surface area contributed by atoms with Gasteiger partial charge in [0.15, 0.2) is 0 Å². The van der Waals surface area contributed by atoms with E-state index in [0.717, 1.165) is 17.1 Å². The summed E-state index contributed by atoms with van der Waals surface area (Å²) in [7, 11) is 1.63. The summed E-state index contributed by atoms with van der Waals surface area (Å²) >= 11 is 0. The van der Waals surface area contributed by atoms with Gasteiger partial charge in [-0.1, -0.05) is 12.1 Å². The van der Waals surface area contributed by atoms with Crippen LogP contribution in [0.2, 0.25) is 0 Å². The molecule has 2 atom stereocenters. The van der Waals surface area contributed by atoms with Crippen LogP contribution < -0.4 is 10.1 Å². The van der Waals surface area contributed by atoms with E-state index in [9.17, 15) is 5.11 Å². The van der Waals surface area contributed by atoms with E-state index in [1.165, 1.54) is 0 Å². The second-order valence-electron chi connectivity index (χ2n) is 4.42. The maximum Gasteiger partial charge on any atom is 0.120 e. The Morgan fingerprint density at radius 2 is 2.16 bits per heavy atom. The molecule has 0 saturated carbocycles. The number of furan rings is 1. The Kier molecular flexibility index (Phi) is 4.60. The highest BCUT2D eigenvalue weighted by atomic mass is 16.5. The van der Waals surface area contributed by atoms with Crippen LogP contribution in [-0.4, -0.2) is 18.8 Å². The van der Waals surface area contributed by atoms with Gasteiger partial charge in [0.1, 0.15) is 11.5 Å². The molecule has 0 saturated heterocycles. The number of hydrogen-bond donors (Lipinski definition) is 2. The highest BCUT2D eigenvalue weighted by Crippen LogP contribution is 2.22. The Bertz CT molecular complexity index is 496. The molecule has 2 unspecified atom stereocenters. The fraction of sp³-hybridized carbons (Fsp3) is 0.333. The molecule has 1 aromatic carbocycles. The number of benzene rings is 1. The Hall–Kier alpha value is -1.78. The summed E-state index contributed by atoms with van der Waals surface area (Å²) in [5.41, 5.74) is 0.986. The third-order valence-electron chi connectivity index (χ3n) is 3.10. The molecule has 2 rings (SSSR count). The lowest BCUT2D eigenvalue weighted by molar-refractivity contribution is 0.230. The number of rotatable bonds is 6. The highest BCUT2D eigenvalue weighted by molar-refractivity contribution is 5.30. The van der Waals surface area contributed by atoms with Crippen molar-refractivity contribution in [2.45, 2.75) is 19.0 Å². The lowest BCUT2D eigenvalue weighted by Crippen LogP contribution is -2.27.